The average Bonchev–Trinajstić information content (AvgIpc) is 2.31. The zero-order valence-corrected chi connectivity index (χ0v) is 10.7. The fourth-order valence-electron chi connectivity index (χ4n) is 1.82. The van der Waals surface area contributed by atoms with Gasteiger partial charge in [0.15, 0.2) is 0 Å². The second-order valence-electron chi connectivity index (χ2n) is 3.62. The lowest BCUT2D eigenvalue weighted by molar-refractivity contribution is 0.244. The summed E-state index contributed by atoms with van der Waals surface area (Å²) in [5.74, 6) is 5.87. The van der Waals surface area contributed by atoms with Crippen LogP contribution in [0.1, 0.15) is 33.3 Å². The molecule has 17 heavy (non-hydrogen) atoms. The van der Waals surface area contributed by atoms with Crippen LogP contribution in [0, 0.1) is 11.8 Å². The van der Waals surface area contributed by atoms with Gasteiger partial charge < -0.3 is 10.6 Å². The molecule has 1 atom stereocenters. The molecule has 2 N–H and O–H groups in total. The fourth-order valence-corrected chi connectivity index (χ4v) is 1.82. The number of amides is 2. The van der Waals surface area contributed by atoms with E-state index in [9.17, 15) is 4.79 Å². The lowest BCUT2D eigenvalue weighted by Gasteiger charge is -2.32. The number of carbonyl (C=O) groups excluding carboxylic acids is 1. The zero-order chi connectivity index (χ0) is 12.9. The van der Waals surface area contributed by atoms with Gasteiger partial charge in [-0.15, -0.1) is 5.92 Å². The van der Waals surface area contributed by atoms with Gasteiger partial charge in [0.25, 0.3) is 0 Å². The molecule has 0 aliphatic carbocycles. The largest absolute Gasteiger partial charge is 0.320 e. The Kier molecular flexibility index (Phi) is 4.17. The summed E-state index contributed by atoms with van der Waals surface area (Å²) in [6.45, 7) is 7.67. The first-order valence-corrected chi connectivity index (χ1v) is 5.78. The quantitative estimate of drug-likeness (QED) is 0.661. The molecule has 3 nitrogen and oxygen atoms in total. The van der Waals surface area contributed by atoms with Gasteiger partial charge in [-0.3, -0.25) is 0 Å². The van der Waals surface area contributed by atoms with Crippen molar-refractivity contribution in [3.05, 3.63) is 29.8 Å². The van der Waals surface area contributed by atoms with Crippen LogP contribution in [0.2, 0.25) is 0 Å². The molecule has 0 spiro atoms. The van der Waals surface area contributed by atoms with Crippen LogP contribution in [-0.2, 0) is 5.54 Å². The SMILES string of the molecule is CC.CC#CC1(C)NC(=O)Nc2ccccc21. The molecule has 0 radical (unpaired) electrons. The van der Waals surface area contributed by atoms with Crippen LogP contribution in [0.5, 0.6) is 0 Å². The summed E-state index contributed by atoms with van der Waals surface area (Å²) in [6, 6.07) is 7.46. The summed E-state index contributed by atoms with van der Waals surface area (Å²) >= 11 is 0. The number of fused-ring (bicyclic) bond motifs is 1. The molecular weight excluding hydrogens is 212 g/mol. The second kappa shape index (κ2) is 5.40. The van der Waals surface area contributed by atoms with Gasteiger partial charge in [0.05, 0.1) is 0 Å². The van der Waals surface area contributed by atoms with E-state index < -0.39 is 5.54 Å². The van der Waals surface area contributed by atoms with Crippen LogP contribution in [0.3, 0.4) is 0 Å². The third kappa shape index (κ3) is 2.59. The third-order valence-electron chi connectivity index (χ3n) is 2.45. The highest BCUT2D eigenvalue weighted by atomic mass is 16.2. The topological polar surface area (TPSA) is 41.1 Å². The van der Waals surface area contributed by atoms with E-state index in [4.69, 9.17) is 0 Å². The number of hydrogen-bond donors (Lipinski definition) is 2. The van der Waals surface area contributed by atoms with Gasteiger partial charge in [0, 0.05) is 11.3 Å². The molecule has 0 saturated heterocycles. The molecule has 1 aliphatic heterocycles. The van der Waals surface area contributed by atoms with Gasteiger partial charge in [-0.2, -0.15) is 0 Å². The van der Waals surface area contributed by atoms with E-state index in [2.05, 4.69) is 22.5 Å². The molecule has 0 aromatic heterocycles. The van der Waals surface area contributed by atoms with Crippen molar-refractivity contribution in [3.8, 4) is 11.8 Å². The highest BCUT2D eigenvalue weighted by Gasteiger charge is 2.33. The second-order valence-corrected chi connectivity index (χ2v) is 3.62. The third-order valence-corrected chi connectivity index (χ3v) is 2.45. The summed E-state index contributed by atoms with van der Waals surface area (Å²) in [5, 5.41) is 5.58. The molecule has 2 rings (SSSR count). The van der Waals surface area contributed by atoms with Crippen molar-refractivity contribution in [2.75, 3.05) is 5.32 Å². The summed E-state index contributed by atoms with van der Waals surface area (Å²) in [7, 11) is 0. The Morgan fingerprint density at radius 1 is 1.24 bits per heavy atom. The van der Waals surface area contributed by atoms with Crippen molar-refractivity contribution in [2.24, 2.45) is 0 Å². The molecule has 1 unspecified atom stereocenters. The van der Waals surface area contributed by atoms with E-state index in [1.807, 2.05) is 45.0 Å². The summed E-state index contributed by atoms with van der Waals surface area (Å²) in [5.41, 5.74) is 1.23. The molecule has 1 aromatic rings. The van der Waals surface area contributed by atoms with Crippen LogP contribution in [-0.4, -0.2) is 6.03 Å². The van der Waals surface area contributed by atoms with Gasteiger partial charge in [0.1, 0.15) is 5.54 Å². The standard InChI is InChI=1S/C12H12N2O.C2H6/c1-3-8-12(2)9-6-4-5-7-10(9)13-11(15)14-12;1-2/h4-7H,1-2H3,(H2,13,14,15);1-2H3. The van der Waals surface area contributed by atoms with Crippen LogP contribution in [0.4, 0.5) is 10.5 Å². The Morgan fingerprint density at radius 2 is 1.88 bits per heavy atom. The molecule has 0 saturated carbocycles. The van der Waals surface area contributed by atoms with E-state index in [0.29, 0.717) is 0 Å². The van der Waals surface area contributed by atoms with Crippen LogP contribution in [0.25, 0.3) is 0 Å². The Balaban J connectivity index is 0.000000686. The van der Waals surface area contributed by atoms with Gasteiger partial charge in [-0.05, 0) is 19.9 Å². The van der Waals surface area contributed by atoms with Crippen molar-refractivity contribution in [1.29, 1.82) is 0 Å². The van der Waals surface area contributed by atoms with E-state index in [0.717, 1.165) is 11.3 Å². The Hall–Kier alpha value is -1.95. The zero-order valence-electron chi connectivity index (χ0n) is 10.7. The van der Waals surface area contributed by atoms with Gasteiger partial charge >= 0.3 is 6.03 Å². The van der Waals surface area contributed by atoms with E-state index in [1.165, 1.54) is 0 Å². The first-order valence-electron chi connectivity index (χ1n) is 5.78. The van der Waals surface area contributed by atoms with E-state index in [1.54, 1.807) is 6.92 Å². The average molecular weight is 230 g/mol. The van der Waals surface area contributed by atoms with Gasteiger partial charge in [0.2, 0.25) is 0 Å². The number of rotatable bonds is 0. The number of benzene rings is 1. The smallest absolute Gasteiger partial charge is 0.318 e. The highest BCUT2D eigenvalue weighted by Crippen LogP contribution is 2.30. The number of para-hydroxylation sites is 1. The molecule has 0 fully saturated rings. The summed E-state index contributed by atoms with van der Waals surface area (Å²) in [6.07, 6.45) is 0. The molecular formula is C14H18N2O. The number of urea groups is 1. The first-order chi connectivity index (χ1) is 8.15. The normalized spacial score (nSPS) is 20.6. The van der Waals surface area contributed by atoms with Crippen molar-refractivity contribution in [3.63, 3.8) is 0 Å². The van der Waals surface area contributed by atoms with Crippen molar-refractivity contribution in [1.82, 2.24) is 5.32 Å². The number of anilines is 1. The number of hydrogen-bond acceptors (Lipinski definition) is 1. The summed E-state index contributed by atoms with van der Waals surface area (Å²) in [4.78, 5) is 11.4. The Morgan fingerprint density at radius 3 is 2.53 bits per heavy atom. The first kappa shape index (κ1) is 13.1. The van der Waals surface area contributed by atoms with Crippen LogP contribution >= 0.6 is 0 Å². The molecule has 1 aliphatic rings. The Bertz CT molecular complexity index is 471. The predicted octanol–water partition coefficient (Wildman–Crippen LogP) is 3.09. The lowest BCUT2D eigenvalue weighted by atomic mass is 9.89. The maximum atomic E-state index is 11.4. The monoisotopic (exact) mass is 230 g/mol. The maximum Gasteiger partial charge on any atom is 0.320 e. The maximum absolute atomic E-state index is 11.4. The van der Waals surface area contributed by atoms with Crippen molar-refractivity contribution in [2.45, 2.75) is 33.2 Å². The minimum absolute atomic E-state index is 0.209. The van der Waals surface area contributed by atoms with Crippen LogP contribution < -0.4 is 10.6 Å². The molecule has 90 valence electrons. The minimum atomic E-state index is -0.590. The molecule has 1 heterocycles. The Labute approximate surface area is 103 Å². The lowest BCUT2D eigenvalue weighted by Crippen LogP contribution is -2.48. The van der Waals surface area contributed by atoms with Crippen LogP contribution in [0.15, 0.2) is 24.3 Å². The highest BCUT2D eigenvalue weighted by molar-refractivity contribution is 5.94. The van der Waals surface area contributed by atoms with E-state index >= 15 is 0 Å². The molecule has 1 aromatic carbocycles. The summed E-state index contributed by atoms with van der Waals surface area (Å²) < 4.78 is 0. The predicted molar refractivity (Wildman–Crippen MR) is 70.7 cm³/mol. The minimum Gasteiger partial charge on any atom is -0.318 e. The number of nitrogens with one attached hydrogen (secondary N) is 2. The van der Waals surface area contributed by atoms with Crippen molar-refractivity contribution < 1.29 is 4.79 Å². The molecule has 0 bridgehead atoms. The molecule has 2 amide bonds. The van der Waals surface area contributed by atoms with Gasteiger partial charge in [-0.1, -0.05) is 38.0 Å². The number of carbonyl (C=O) groups is 1. The van der Waals surface area contributed by atoms with Crippen molar-refractivity contribution >= 4 is 11.7 Å². The van der Waals surface area contributed by atoms with E-state index in [-0.39, 0.29) is 6.03 Å². The van der Waals surface area contributed by atoms with Gasteiger partial charge in [-0.25, -0.2) is 4.79 Å². The molecule has 3 heteroatoms. The fraction of sp³-hybridized carbons (Fsp3) is 0.357.